The van der Waals surface area contributed by atoms with E-state index in [2.05, 4.69) is 4.90 Å². The fraction of sp³-hybridized carbons (Fsp3) is 0.647. The van der Waals surface area contributed by atoms with Gasteiger partial charge in [0.05, 0.1) is 0 Å². The fourth-order valence-electron chi connectivity index (χ4n) is 3.12. The summed E-state index contributed by atoms with van der Waals surface area (Å²) in [7, 11) is 2.01. The number of carbonyl (C=O) groups is 2. The second-order valence-corrected chi connectivity index (χ2v) is 6.94. The topological polar surface area (TPSA) is 46.6 Å². The van der Waals surface area contributed by atoms with Crippen LogP contribution in [0.25, 0.3) is 0 Å². The van der Waals surface area contributed by atoms with Crippen LogP contribution in [0.15, 0.2) is 23.9 Å². The zero-order valence-corrected chi connectivity index (χ0v) is 13.4. The molecule has 2 rings (SSSR count). The van der Waals surface area contributed by atoms with Crippen LogP contribution < -0.4 is 0 Å². The Hall–Kier alpha value is -1.58. The summed E-state index contributed by atoms with van der Waals surface area (Å²) in [5.41, 5.74) is 0.0870. The SMILES string of the molecule is CN1C=C(/C=C/C(=O)OC(C)(C)C)C(=O)[C@@H]2CCCC[C@H]21. The summed E-state index contributed by atoms with van der Waals surface area (Å²) in [5, 5.41) is 0. The molecule has 2 atom stereocenters. The first-order chi connectivity index (χ1) is 9.78. The van der Waals surface area contributed by atoms with Crippen molar-refractivity contribution in [2.75, 3.05) is 7.05 Å². The van der Waals surface area contributed by atoms with Crippen LogP contribution >= 0.6 is 0 Å². The van der Waals surface area contributed by atoms with Crippen molar-refractivity contribution in [1.29, 1.82) is 0 Å². The number of esters is 1. The lowest BCUT2D eigenvalue weighted by Gasteiger charge is -2.40. The Morgan fingerprint density at radius 3 is 2.67 bits per heavy atom. The number of hydrogen-bond donors (Lipinski definition) is 0. The fourth-order valence-corrected chi connectivity index (χ4v) is 3.12. The number of nitrogens with zero attached hydrogens (tertiary/aromatic N) is 1. The number of hydrogen-bond acceptors (Lipinski definition) is 4. The second kappa shape index (κ2) is 6.04. The summed E-state index contributed by atoms with van der Waals surface area (Å²) in [6.07, 6.45) is 9.14. The molecule has 1 fully saturated rings. The predicted molar refractivity (Wildman–Crippen MR) is 81.6 cm³/mol. The number of carbonyl (C=O) groups excluding carboxylic acids is 2. The van der Waals surface area contributed by atoms with Gasteiger partial charge in [0.15, 0.2) is 5.78 Å². The first-order valence-electron chi connectivity index (χ1n) is 7.67. The molecule has 0 aromatic heterocycles. The van der Waals surface area contributed by atoms with Crippen LogP contribution in [0.2, 0.25) is 0 Å². The van der Waals surface area contributed by atoms with Crippen LogP contribution in [0.4, 0.5) is 0 Å². The Morgan fingerprint density at radius 1 is 1.33 bits per heavy atom. The van der Waals surface area contributed by atoms with Crippen molar-refractivity contribution < 1.29 is 14.3 Å². The molecule has 21 heavy (non-hydrogen) atoms. The summed E-state index contributed by atoms with van der Waals surface area (Å²) in [5.74, 6) is -0.172. The predicted octanol–water partition coefficient (Wildman–Crippen LogP) is 2.84. The van der Waals surface area contributed by atoms with Gasteiger partial charge in [-0.2, -0.15) is 0 Å². The van der Waals surface area contributed by atoms with Crippen LogP contribution in [-0.2, 0) is 14.3 Å². The molecule has 0 aromatic carbocycles. The zero-order valence-electron chi connectivity index (χ0n) is 13.4. The van der Waals surface area contributed by atoms with E-state index in [1.165, 1.54) is 12.5 Å². The van der Waals surface area contributed by atoms with Crippen LogP contribution in [0.3, 0.4) is 0 Å². The molecule has 0 spiro atoms. The average molecular weight is 291 g/mol. The van der Waals surface area contributed by atoms with Gasteiger partial charge in [0.25, 0.3) is 0 Å². The van der Waals surface area contributed by atoms with E-state index in [1.54, 1.807) is 6.08 Å². The Labute approximate surface area is 126 Å². The quantitative estimate of drug-likeness (QED) is 0.580. The third-order valence-electron chi connectivity index (χ3n) is 4.02. The van der Waals surface area contributed by atoms with E-state index in [9.17, 15) is 9.59 Å². The Bertz CT molecular complexity index is 485. The lowest BCUT2D eigenvalue weighted by atomic mass is 9.77. The molecule has 2 aliphatic rings. The minimum Gasteiger partial charge on any atom is -0.457 e. The van der Waals surface area contributed by atoms with E-state index in [4.69, 9.17) is 4.74 Å². The molecule has 1 aliphatic carbocycles. The molecule has 0 unspecified atom stereocenters. The van der Waals surface area contributed by atoms with Gasteiger partial charge in [-0.1, -0.05) is 12.8 Å². The monoisotopic (exact) mass is 291 g/mol. The minimum absolute atomic E-state index is 0.0760. The summed E-state index contributed by atoms with van der Waals surface area (Å²) >= 11 is 0. The molecular formula is C17H25NO3. The molecule has 1 saturated carbocycles. The largest absolute Gasteiger partial charge is 0.457 e. The van der Waals surface area contributed by atoms with Gasteiger partial charge in [0, 0.05) is 36.9 Å². The highest BCUT2D eigenvalue weighted by Gasteiger charge is 2.37. The van der Waals surface area contributed by atoms with Gasteiger partial charge in [0.2, 0.25) is 0 Å². The van der Waals surface area contributed by atoms with Gasteiger partial charge in [-0.15, -0.1) is 0 Å². The molecule has 0 aromatic rings. The van der Waals surface area contributed by atoms with Crippen molar-refractivity contribution in [1.82, 2.24) is 4.90 Å². The normalized spacial score (nSPS) is 26.6. The minimum atomic E-state index is -0.516. The van der Waals surface area contributed by atoms with Gasteiger partial charge < -0.3 is 9.64 Å². The molecule has 4 nitrogen and oxygen atoms in total. The number of fused-ring (bicyclic) bond motifs is 1. The lowest BCUT2D eigenvalue weighted by Crippen LogP contribution is -2.45. The molecule has 0 bridgehead atoms. The van der Waals surface area contributed by atoms with E-state index in [0.29, 0.717) is 11.6 Å². The Balaban J connectivity index is 2.09. The van der Waals surface area contributed by atoms with E-state index in [-0.39, 0.29) is 11.7 Å². The van der Waals surface area contributed by atoms with Gasteiger partial charge >= 0.3 is 5.97 Å². The maximum absolute atomic E-state index is 12.5. The molecule has 1 heterocycles. The van der Waals surface area contributed by atoms with Crippen LogP contribution in [-0.4, -0.2) is 35.3 Å². The average Bonchev–Trinajstić information content (AvgIpc) is 2.39. The number of rotatable bonds is 2. The standard InChI is InChI=1S/C17H25NO3/c1-17(2,3)21-15(19)10-9-12-11-18(4)14-8-6-5-7-13(14)16(12)20/h9-11,13-14H,5-8H2,1-4H3/b10-9+/t13-,14-/m1/s1. The molecule has 0 saturated heterocycles. The molecule has 1 aliphatic heterocycles. The van der Waals surface area contributed by atoms with E-state index >= 15 is 0 Å². The number of Topliss-reactive ketones (excluding diaryl/α,β-unsaturated/α-hetero) is 1. The molecule has 4 heteroatoms. The van der Waals surface area contributed by atoms with Gasteiger partial charge in [0.1, 0.15) is 5.60 Å². The van der Waals surface area contributed by atoms with Crippen molar-refractivity contribution in [2.45, 2.75) is 58.1 Å². The molecule has 0 amide bonds. The Morgan fingerprint density at radius 2 is 2.00 bits per heavy atom. The number of ketones is 1. The van der Waals surface area contributed by atoms with Gasteiger partial charge in [-0.05, 0) is 39.7 Å². The maximum Gasteiger partial charge on any atom is 0.331 e. The zero-order chi connectivity index (χ0) is 15.6. The summed E-state index contributed by atoms with van der Waals surface area (Å²) in [6, 6.07) is 0.324. The second-order valence-electron chi connectivity index (χ2n) is 6.94. The molecule has 0 radical (unpaired) electrons. The smallest absolute Gasteiger partial charge is 0.331 e. The van der Waals surface area contributed by atoms with Crippen LogP contribution in [0.5, 0.6) is 0 Å². The van der Waals surface area contributed by atoms with Crippen molar-refractivity contribution >= 4 is 11.8 Å². The first-order valence-corrected chi connectivity index (χ1v) is 7.67. The third-order valence-corrected chi connectivity index (χ3v) is 4.02. The number of allylic oxidation sites excluding steroid dienone is 2. The highest BCUT2D eigenvalue weighted by atomic mass is 16.6. The first kappa shape index (κ1) is 15.8. The van der Waals surface area contributed by atoms with Gasteiger partial charge in [-0.3, -0.25) is 4.79 Å². The van der Waals surface area contributed by atoms with Crippen LogP contribution in [0.1, 0.15) is 46.5 Å². The molecular weight excluding hydrogens is 266 g/mol. The molecule has 0 N–H and O–H groups in total. The highest BCUT2D eigenvalue weighted by Crippen LogP contribution is 2.34. The van der Waals surface area contributed by atoms with Crippen LogP contribution in [0, 0.1) is 5.92 Å². The number of ether oxygens (including phenoxy) is 1. The highest BCUT2D eigenvalue weighted by molar-refractivity contribution is 6.02. The van der Waals surface area contributed by atoms with Crippen molar-refractivity contribution in [2.24, 2.45) is 5.92 Å². The van der Waals surface area contributed by atoms with Gasteiger partial charge in [-0.25, -0.2) is 4.79 Å². The summed E-state index contributed by atoms with van der Waals surface area (Å²) in [4.78, 5) is 26.3. The van der Waals surface area contributed by atoms with E-state index < -0.39 is 11.6 Å². The Kier molecular flexibility index (Phi) is 4.55. The summed E-state index contributed by atoms with van der Waals surface area (Å²) < 4.78 is 5.22. The van der Waals surface area contributed by atoms with Crippen molar-refractivity contribution in [3.8, 4) is 0 Å². The lowest BCUT2D eigenvalue weighted by molar-refractivity contribution is -0.148. The molecule has 116 valence electrons. The van der Waals surface area contributed by atoms with E-state index in [1.807, 2.05) is 34.0 Å². The maximum atomic E-state index is 12.5. The van der Waals surface area contributed by atoms with Crippen molar-refractivity contribution in [3.63, 3.8) is 0 Å². The van der Waals surface area contributed by atoms with E-state index in [0.717, 1.165) is 19.3 Å². The summed E-state index contributed by atoms with van der Waals surface area (Å²) in [6.45, 7) is 5.47. The third kappa shape index (κ3) is 3.96. The van der Waals surface area contributed by atoms with Crippen molar-refractivity contribution in [3.05, 3.63) is 23.9 Å².